The number of carbonyl (C=O) groups excluding carboxylic acids is 1. The summed E-state index contributed by atoms with van der Waals surface area (Å²) < 4.78 is 26.2. The number of nitrogens with zero attached hydrogens (tertiary/aromatic N) is 2. The first-order valence-corrected chi connectivity index (χ1v) is 8.66. The predicted octanol–water partition coefficient (Wildman–Crippen LogP) is 1.96. The number of benzene rings is 1. The molecule has 2 atom stereocenters. The fraction of sp³-hybridized carbons (Fsp3) is 0.556. The van der Waals surface area contributed by atoms with Crippen molar-refractivity contribution in [1.29, 1.82) is 0 Å². The van der Waals surface area contributed by atoms with Crippen LogP contribution < -0.4 is 5.32 Å². The van der Waals surface area contributed by atoms with Crippen LogP contribution in [-0.4, -0.2) is 47.4 Å². The Kier molecular flexibility index (Phi) is 5.65. The van der Waals surface area contributed by atoms with Gasteiger partial charge in [-0.15, -0.1) is 0 Å². The summed E-state index contributed by atoms with van der Waals surface area (Å²) in [6, 6.07) is 4.52. The molecule has 6 nitrogen and oxygen atoms in total. The van der Waals surface area contributed by atoms with Crippen LogP contribution in [-0.2, 0) is 27.7 Å². The molecular weight excluding hydrogens is 325 g/mol. The molecule has 1 aromatic heterocycles. The molecule has 0 spiro atoms. The maximum Gasteiger partial charge on any atom is 0.248 e. The largest absolute Gasteiger partial charge is 0.376 e. The average Bonchev–Trinajstić information content (AvgIpc) is 3.22. The second kappa shape index (κ2) is 7.93. The number of ether oxygens (including phenoxy) is 2. The molecule has 0 unspecified atom stereocenters. The Morgan fingerprint density at radius 1 is 1.56 bits per heavy atom. The van der Waals surface area contributed by atoms with Crippen molar-refractivity contribution in [3.63, 3.8) is 0 Å². The van der Waals surface area contributed by atoms with E-state index in [1.165, 1.54) is 12.1 Å². The van der Waals surface area contributed by atoms with Gasteiger partial charge in [0.1, 0.15) is 17.7 Å². The highest BCUT2D eigenvalue weighted by Gasteiger charge is 2.19. The number of fused-ring (bicyclic) bond motifs is 1. The fourth-order valence-corrected chi connectivity index (χ4v) is 2.98. The van der Waals surface area contributed by atoms with E-state index in [0.717, 1.165) is 36.3 Å². The first-order valence-electron chi connectivity index (χ1n) is 8.66. The van der Waals surface area contributed by atoms with Crippen molar-refractivity contribution in [1.82, 2.24) is 14.9 Å². The molecule has 1 N–H and O–H groups in total. The van der Waals surface area contributed by atoms with Gasteiger partial charge >= 0.3 is 0 Å². The molecule has 2 aromatic rings. The number of rotatable bonds is 7. The zero-order chi connectivity index (χ0) is 17.8. The van der Waals surface area contributed by atoms with Gasteiger partial charge in [-0.05, 0) is 38.0 Å². The lowest BCUT2D eigenvalue weighted by Gasteiger charge is -2.16. The zero-order valence-corrected chi connectivity index (χ0v) is 14.6. The molecule has 1 saturated heterocycles. The zero-order valence-electron chi connectivity index (χ0n) is 14.6. The molecule has 0 aliphatic carbocycles. The molecule has 1 aliphatic heterocycles. The molecule has 2 heterocycles. The van der Waals surface area contributed by atoms with Crippen LogP contribution in [0.15, 0.2) is 18.2 Å². The molecule has 0 saturated carbocycles. The van der Waals surface area contributed by atoms with Crippen LogP contribution in [0.1, 0.15) is 25.6 Å². The molecule has 0 bridgehead atoms. The summed E-state index contributed by atoms with van der Waals surface area (Å²) in [6.45, 7) is 3.41. The van der Waals surface area contributed by atoms with Gasteiger partial charge in [0.25, 0.3) is 0 Å². The Morgan fingerprint density at radius 2 is 2.40 bits per heavy atom. The molecule has 136 valence electrons. The van der Waals surface area contributed by atoms with E-state index in [-0.39, 0.29) is 17.8 Å². The molecule has 0 radical (unpaired) electrons. The van der Waals surface area contributed by atoms with E-state index in [1.807, 2.05) is 11.6 Å². The Bertz CT molecular complexity index is 740. The average molecular weight is 349 g/mol. The van der Waals surface area contributed by atoms with Crippen molar-refractivity contribution in [3.05, 3.63) is 29.8 Å². The topological polar surface area (TPSA) is 65.4 Å². The summed E-state index contributed by atoms with van der Waals surface area (Å²) in [5, 5.41) is 2.86. The minimum atomic E-state index is -0.515. The summed E-state index contributed by atoms with van der Waals surface area (Å²) >= 11 is 0. The van der Waals surface area contributed by atoms with Crippen LogP contribution in [0.4, 0.5) is 4.39 Å². The maximum atomic E-state index is 13.3. The number of imidazole rings is 1. The van der Waals surface area contributed by atoms with E-state index >= 15 is 0 Å². The monoisotopic (exact) mass is 349 g/mol. The Balaban J connectivity index is 1.47. The van der Waals surface area contributed by atoms with Crippen LogP contribution in [0.3, 0.4) is 0 Å². The van der Waals surface area contributed by atoms with E-state index < -0.39 is 6.10 Å². The van der Waals surface area contributed by atoms with Gasteiger partial charge < -0.3 is 19.4 Å². The maximum absolute atomic E-state index is 13.3. The van der Waals surface area contributed by atoms with Crippen molar-refractivity contribution < 1.29 is 18.7 Å². The van der Waals surface area contributed by atoms with E-state index in [0.29, 0.717) is 19.6 Å². The molecule has 25 heavy (non-hydrogen) atoms. The number of nitrogens with one attached hydrogen (secondary N) is 1. The van der Waals surface area contributed by atoms with Crippen molar-refractivity contribution in [2.24, 2.45) is 7.05 Å². The first kappa shape index (κ1) is 17.8. The number of halogens is 1. The van der Waals surface area contributed by atoms with Crippen molar-refractivity contribution in [2.45, 2.75) is 38.4 Å². The van der Waals surface area contributed by atoms with E-state index in [1.54, 1.807) is 13.0 Å². The van der Waals surface area contributed by atoms with Gasteiger partial charge in [-0.1, -0.05) is 0 Å². The summed E-state index contributed by atoms with van der Waals surface area (Å²) in [5.41, 5.74) is 1.49. The molecule has 1 aliphatic rings. The second-order valence-corrected chi connectivity index (χ2v) is 6.37. The highest BCUT2D eigenvalue weighted by Crippen LogP contribution is 2.16. The second-order valence-electron chi connectivity index (χ2n) is 6.37. The Morgan fingerprint density at radius 3 is 3.16 bits per heavy atom. The van der Waals surface area contributed by atoms with Gasteiger partial charge in [0, 0.05) is 26.6 Å². The van der Waals surface area contributed by atoms with Gasteiger partial charge in [-0.25, -0.2) is 9.37 Å². The van der Waals surface area contributed by atoms with Gasteiger partial charge in [0.2, 0.25) is 5.91 Å². The van der Waals surface area contributed by atoms with E-state index in [4.69, 9.17) is 9.47 Å². The number of amides is 1. The predicted molar refractivity (Wildman–Crippen MR) is 91.8 cm³/mol. The number of hydrogen-bond acceptors (Lipinski definition) is 4. The van der Waals surface area contributed by atoms with Gasteiger partial charge in [0.05, 0.1) is 23.7 Å². The molecular formula is C18H24FN3O3. The molecule has 1 fully saturated rings. The first-order chi connectivity index (χ1) is 12.0. The lowest BCUT2D eigenvalue weighted by atomic mass is 10.2. The highest BCUT2D eigenvalue weighted by molar-refractivity contribution is 5.80. The highest BCUT2D eigenvalue weighted by atomic mass is 19.1. The van der Waals surface area contributed by atoms with Crippen molar-refractivity contribution in [3.8, 4) is 0 Å². The normalized spacial score (nSPS) is 18.6. The van der Waals surface area contributed by atoms with Crippen LogP contribution in [0.25, 0.3) is 11.0 Å². The summed E-state index contributed by atoms with van der Waals surface area (Å²) in [7, 11) is 1.85. The Hall–Kier alpha value is -1.99. The summed E-state index contributed by atoms with van der Waals surface area (Å²) in [6.07, 6.45) is 2.20. The lowest BCUT2D eigenvalue weighted by Crippen LogP contribution is -2.37. The standard InChI is InChI=1S/C18H24FN3O3/c1-12(25-11-14-4-3-9-24-14)18(23)20-8-7-17-21-15-6-5-13(19)10-16(15)22(17)2/h5-6,10,12,14H,3-4,7-9,11H2,1-2H3,(H,20,23)/t12-,14+/m1/s1. The van der Waals surface area contributed by atoms with E-state index in [2.05, 4.69) is 10.3 Å². The third kappa shape index (κ3) is 4.35. The lowest BCUT2D eigenvalue weighted by molar-refractivity contribution is -0.133. The van der Waals surface area contributed by atoms with Crippen LogP contribution in [0.2, 0.25) is 0 Å². The van der Waals surface area contributed by atoms with Crippen molar-refractivity contribution >= 4 is 16.9 Å². The quantitative estimate of drug-likeness (QED) is 0.830. The fourth-order valence-electron chi connectivity index (χ4n) is 2.98. The van der Waals surface area contributed by atoms with Gasteiger partial charge in [-0.2, -0.15) is 0 Å². The molecule has 7 heteroatoms. The number of hydrogen-bond donors (Lipinski definition) is 1. The van der Waals surface area contributed by atoms with Gasteiger partial charge in [-0.3, -0.25) is 4.79 Å². The third-order valence-electron chi connectivity index (χ3n) is 4.51. The number of aromatic nitrogens is 2. The van der Waals surface area contributed by atoms with Gasteiger partial charge in [0.15, 0.2) is 0 Å². The van der Waals surface area contributed by atoms with E-state index in [9.17, 15) is 9.18 Å². The van der Waals surface area contributed by atoms with Crippen LogP contribution in [0.5, 0.6) is 0 Å². The number of carbonyl (C=O) groups is 1. The molecule has 1 aromatic carbocycles. The van der Waals surface area contributed by atoms with Crippen molar-refractivity contribution in [2.75, 3.05) is 19.8 Å². The van der Waals surface area contributed by atoms with Crippen LogP contribution >= 0.6 is 0 Å². The third-order valence-corrected chi connectivity index (χ3v) is 4.51. The minimum Gasteiger partial charge on any atom is -0.376 e. The number of aryl methyl sites for hydroxylation is 1. The molecule has 3 rings (SSSR count). The molecule has 1 amide bonds. The summed E-state index contributed by atoms with van der Waals surface area (Å²) in [4.78, 5) is 16.6. The smallest absolute Gasteiger partial charge is 0.248 e. The van der Waals surface area contributed by atoms with Crippen LogP contribution in [0, 0.1) is 5.82 Å². The Labute approximate surface area is 146 Å². The minimum absolute atomic E-state index is 0.107. The summed E-state index contributed by atoms with van der Waals surface area (Å²) in [5.74, 6) is 0.365. The SMILES string of the molecule is C[C@@H](OC[C@@H]1CCCO1)C(=O)NCCc1nc2ccc(F)cc2n1C.